The minimum absolute atomic E-state index is 0.148. The van der Waals surface area contributed by atoms with Gasteiger partial charge in [0.15, 0.2) is 5.76 Å². The molecule has 2 fully saturated rings. The van der Waals surface area contributed by atoms with E-state index < -0.39 is 84.6 Å². The molecule has 2 saturated heterocycles. The molecule has 0 aliphatic carbocycles. The van der Waals surface area contributed by atoms with Crippen molar-refractivity contribution in [2.24, 2.45) is 0 Å². The van der Waals surface area contributed by atoms with Gasteiger partial charge in [0.2, 0.25) is 23.8 Å². The lowest BCUT2D eigenvalue weighted by Gasteiger charge is -2.39. The fourth-order valence-electron chi connectivity index (χ4n) is 4.56. The highest BCUT2D eigenvalue weighted by molar-refractivity contribution is 5.88. The van der Waals surface area contributed by atoms with Crippen molar-refractivity contribution in [3.63, 3.8) is 0 Å². The maximum Gasteiger partial charge on any atom is 0.239 e. The Kier molecular flexibility index (Phi) is 7.82. The molecular weight excluding hydrogens is 552 g/mol. The standard InChI is InChI=1S/C26H28O15/c27-7-15-17(31)19(33)20(34)24(40-15)41-22-18(32)16-13(30)5-11(29)6-14(16)39-21(22)10-1-3-12(4-2-10)38-25-23(35)26(36,8-28)9-37-25/h1-6,15,17,19-20,23-25,27-31,33-36H,7-9H2. The van der Waals surface area contributed by atoms with Crippen LogP contribution in [0.4, 0.5) is 0 Å². The van der Waals surface area contributed by atoms with Crippen molar-refractivity contribution in [2.75, 3.05) is 19.8 Å². The number of aliphatic hydroxyl groups is 7. The summed E-state index contributed by atoms with van der Waals surface area (Å²) in [5.41, 5.74) is -2.89. The molecule has 3 heterocycles. The number of aromatic hydroxyl groups is 2. The van der Waals surface area contributed by atoms with Crippen LogP contribution >= 0.6 is 0 Å². The summed E-state index contributed by atoms with van der Waals surface area (Å²) in [6.45, 7) is -1.87. The van der Waals surface area contributed by atoms with Gasteiger partial charge in [-0.05, 0) is 24.3 Å². The number of hydrogen-bond donors (Lipinski definition) is 9. The van der Waals surface area contributed by atoms with Gasteiger partial charge in [0, 0.05) is 17.7 Å². The molecule has 8 unspecified atom stereocenters. The maximum atomic E-state index is 13.5. The number of aliphatic hydroxyl groups excluding tert-OH is 6. The van der Waals surface area contributed by atoms with E-state index in [9.17, 15) is 50.8 Å². The van der Waals surface area contributed by atoms with Gasteiger partial charge in [-0.25, -0.2) is 0 Å². The number of benzene rings is 2. The summed E-state index contributed by atoms with van der Waals surface area (Å²) in [6, 6.07) is 7.58. The summed E-state index contributed by atoms with van der Waals surface area (Å²) >= 11 is 0. The van der Waals surface area contributed by atoms with Gasteiger partial charge < -0.3 is 69.3 Å². The third-order valence-electron chi connectivity index (χ3n) is 6.95. The van der Waals surface area contributed by atoms with Gasteiger partial charge in [-0.3, -0.25) is 4.79 Å². The second-order valence-electron chi connectivity index (χ2n) is 9.77. The predicted molar refractivity (Wildman–Crippen MR) is 134 cm³/mol. The smallest absolute Gasteiger partial charge is 0.239 e. The molecule has 15 nitrogen and oxygen atoms in total. The van der Waals surface area contributed by atoms with Gasteiger partial charge in [0.05, 0.1) is 19.8 Å². The average Bonchev–Trinajstić information content (AvgIpc) is 3.23. The van der Waals surface area contributed by atoms with E-state index in [2.05, 4.69) is 0 Å². The van der Waals surface area contributed by atoms with Crippen LogP contribution in [0.15, 0.2) is 45.6 Å². The van der Waals surface area contributed by atoms with Crippen LogP contribution < -0.4 is 14.9 Å². The minimum atomic E-state index is -1.90. The zero-order chi connectivity index (χ0) is 29.6. The van der Waals surface area contributed by atoms with Crippen LogP contribution in [0.5, 0.6) is 23.0 Å². The number of phenolic OH excluding ortho intramolecular Hbond substituents is 2. The summed E-state index contributed by atoms with van der Waals surface area (Å²) in [4.78, 5) is 13.5. The van der Waals surface area contributed by atoms with Crippen molar-refractivity contribution >= 4 is 11.0 Å². The Hall–Kier alpha value is -3.51. The van der Waals surface area contributed by atoms with Crippen LogP contribution in [-0.2, 0) is 9.47 Å². The quantitative estimate of drug-likeness (QED) is 0.145. The zero-order valence-electron chi connectivity index (χ0n) is 21.1. The molecule has 41 heavy (non-hydrogen) atoms. The molecule has 222 valence electrons. The molecule has 5 rings (SSSR count). The second kappa shape index (κ2) is 11.1. The normalized spacial score (nSPS) is 31.8. The van der Waals surface area contributed by atoms with Crippen molar-refractivity contribution in [1.82, 2.24) is 0 Å². The first-order valence-corrected chi connectivity index (χ1v) is 12.4. The Balaban J connectivity index is 1.52. The van der Waals surface area contributed by atoms with Crippen molar-refractivity contribution < 1.29 is 69.3 Å². The van der Waals surface area contributed by atoms with Gasteiger partial charge in [-0.2, -0.15) is 0 Å². The van der Waals surface area contributed by atoms with Gasteiger partial charge in [-0.1, -0.05) is 0 Å². The highest BCUT2D eigenvalue weighted by Gasteiger charge is 2.49. The molecule has 2 aromatic carbocycles. The zero-order valence-corrected chi connectivity index (χ0v) is 21.1. The first-order chi connectivity index (χ1) is 19.5. The lowest BCUT2D eigenvalue weighted by molar-refractivity contribution is -0.277. The number of phenols is 2. The van der Waals surface area contributed by atoms with Crippen LogP contribution in [-0.4, -0.2) is 114 Å². The number of fused-ring (bicyclic) bond motifs is 1. The van der Waals surface area contributed by atoms with E-state index in [4.69, 9.17) is 23.4 Å². The molecule has 0 spiro atoms. The van der Waals surface area contributed by atoms with Crippen molar-refractivity contribution in [3.05, 3.63) is 46.6 Å². The van der Waals surface area contributed by atoms with Crippen LogP contribution in [0.1, 0.15) is 0 Å². The van der Waals surface area contributed by atoms with E-state index >= 15 is 0 Å². The van der Waals surface area contributed by atoms with Gasteiger partial charge in [-0.15, -0.1) is 0 Å². The summed E-state index contributed by atoms with van der Waals surface area (Å²) in [6.07, 6.45) is -11.3. The Bertz CT molecular complexity index is 1450. The SMILES string of the molecule is O=c1c(OC2OC(CO)C(O)C(O)C2O)c(-c2ccc(OC3OCC(O)(CO)C3O)cc2)oc2cc(O)cc(O)c12. The molecule has 2 aliphatic rings. The van der Waals surface area contributed by atoms with Gasteiger partial charge >= 0.3 is 0 Å². The number of hydrogen-bond acceptors (Lipinski definition) is 15. The largest absolute Gasteiger partial charge is 0.508 e. The molecule has 0 radical (unpaired) electrons. The van der Waals surface area contributed by atoms with E-state index in [1.54, 1.807) is 0 Å². The Morgan fingerprint density at radius 2 is 1.63 bits per heavy atom. The molecule has 0 amide bonds. The Morgan fingerprint density at radius 1 is 0.927 bits per heavy atom. The fraction of sp³-hybridized carbons (Fsp3) is 0.423. The lowest BCUT2D eigenvalue weighted by Crippen LogP contribution is -2.60. The van der Waals surface area contributed by atoms with Crippen molar-refractivity contribution in [1.29, 1.82) is 0 Å². The van der Waals surface area contributed by atoms with Crippen molar-refractivity contribution in [3.8, 4) is 34.3 Å². The van der Waals surface area contributed by atoms with E-state index in [1.807, 2.05) is 0 Å². The molecule has 2 aliphatic heterocycles. The van der Waals surface area contributed by atoms with Crippen LogP contribution in [0.2, 0.25) is 0 Å². The van der Waals surface area contributed by atoms with E-state index in [0.717, 1.165) is 12.1 Å². The van der Waals surface area contributed by atoms with Crippen LogP contribution in [0, 0.1) is 0 Å². The second-order valence-corrected chi connectivity index (χ2v) is 9.77. The highest BCUT2D eigenvalue weighted by Crippen LogP contribution is 2.38. The summed E-state index contributed by atoms with van der Waals surface area (Å²) in [5, 5.41) is 89.7. The molecule has 3 aromatic rings. The van der Waals surface area contributed by atoms with Gasteiger partial charge in [0.25, 0.3) is 0 Å². The lowest BCUT2D eigenvalue weighted by atomic mass is 9.99. The van der Waals surface area contributed by atoms with E-state index in [0.29, 0.717) is 0 Å². The molecule has 1 aromatic heterocycles. The number of ether oxygens (including phenoxy) is 4. The predicted octanol–water partition coefficient (Wildman–Crippen LogP) is -2.13. The average molecular weight is 580 g/mol. The third kappa shape index (κ3) is 5.19. The van der Waals surface area contributed by atoms with Crippen molar-refractivity contribution in [2.45, 2.75) is 48.7 Å². The molecule has 0 bridgehead atoms. The molecular formula is C26H28O15. The first-order valence-electron chi connectivity index (χ1n) is 12.4. The molecule has 15 heteroatoms. The fourth-order valence-corrected chi connectivity index (χ4v) is 4.56. The summed E-state index contributed by atoms with van der Waals surface area (Å²) in [7, 11) is 0. The molecule has 9 N–H and O–H groups in total. The third-order valence-corrected chi connectivity index (χ3v) is 6.95. The van der Waals surface area contributed by atoms with Crippen LogP contribution in [0.25, 0.3) is 22.3 Å². The highest BCUT2D eigenvalue weighted by atomic mass is 16.7. The van der Waals surface area contributed by atoms with Gasteiger partial charge in [0.1, 0.15) is 64.3 Å². The summed E-state index contributed by atoms with van der Waals surface area (Å²) < 4.78 is 27.6. The molecule has 0 saturated carbocycles. The monoisotopic (exact) mass is 580 g/mol. The first kappa shape index (κ1) is 29.0. The minimum Gasteiger partial charge on any atom is -0.508 e. The Morgan fingerprint density at radius 3 is 2.27 bits per heavy atom. The molecule has 8 atom stereocenters. The number of rotatable bonds is 7. The Labute approximate surface area is 230 Å². The van der Waals surface area contributed by atoms with Crippen LogP contribution in [0.3, 0.4) is 0 Å². The van der Waals surface area contributed by atoms with E-state index in [-0.39, 0.29) is 34.6 Å². The maximum absolute atomic E-state index is 13.5. The van der Waals surface area contributed by atoms with E-state index in [1.165, 1.54) is 24.3 Å². The topological polar surface area (TPSA) is 249 Å². The summed E-state index contributed by atoms with van der Waals surface area (Å²) in [5.74, 6) is -1.74.